The molecule has 0 radical (unpaired) electrons. The van der Waals surface area contributed by atoms with E-state index < -0.39 is 0 Å². The summed E-state index contributed by atoms with van der Waals surface area (Å²) in [6.07, 6.45) is 0. The number of nitrogens with two attached hydrogens (primary N) is 1. The maximum atomic E-state index is 6.02. The zero-order valence-corrected chi connectivity index (χ0v) is 11.9. The van der Waals surface area contributed by atoms with Gasteiger partial charge in [0.05, 0.1) is 11.2 Å². The van der Waals surface area contributed by atoms with Crippen LogP contribution >= 0.6 is 0 Å². The fourth-order valence-corrected chi connectivity index (χ4v) is 1.97. The minimum atomic E-state index is -0.311. The summed E-state index contributed by atoms with van der Waals surface area (Å²) in [4.78, 5) is 0. The first-order valence-electron chi connectivity index (χ1n) is 6.44. The Balaban J connectivity index is 2.27. The molecule has 1 aliphatic rings. The average molecular weight is 247 g/mol. The molecule has 1 aromatic rings. The van der Waals surface area contributed by atoms with Crippen molar-refractivity contribution < 1.29 is 9.31 Å². The molecule has 1 fully saturated rings. The Morgan fingerprint density at radius 1 is 1.11 bits per heavy atom. The summed E-state index contributed by atoms with van der Waals surface area (Å²) < 4.78 is 12.0. The van der Waals surface area contributed by atoms with Crippen LogP contribution in [0.15, 0.2) is 24.3 Å². The lowest BCUT2D eigenvalue weighted by atomic mass is 9.78. The second-order valence-electron chi connectivity index (χ2n) is 6.05. The van der Waals surface area contributed by atoms with Gasteiger partial charge in [-0.2, -0.15) is 0 Å². The van der Waals surface area contributed by atoms with Crippen LogP contribution in [0.25, 0.3) is 0 Å². The Morgan fingerprint density at radius 3 is 2.17 bits per heavy atom. The molecule has 18 heavy (non-hydrogen) atoms. The molecule has 98 valence electrons. The largest absolute Gasteiger partial charge is 0.494 e. The van der Waals surface area contributed by atoms with Crippen molar-refractivity contribution in [3.05, 3.63) is 29.8 Å². The maximum Gasteiger partial charge on any atom is 0.494 e. The van der Waals surface area contributed by atoms with Crippen molar-refractivity contribution in [1.29, 1.82) is 0 Å². The monoisotopic (exact) mass is 247 g/mol. The van der Waals surface area contributed by atoms with E-state index in [4.69, 9.17) is 15.0 Å². The van der Waals surface area contributed by atoms with Crippen LogP contribution in [-0.2, 0) is 9.31 Å². The highest BCUT2D eigenvalue weighted by Gasteiger charge is 2.51. The van der Waals surface area contributed by atoms with E-state index in [1.165, 1.54) is 0 Å². The highest BCUT2D eigenvalue weighted by atomic mass is 16.7. The lowest BCUT2D eigenvalue weighted by molar-refractivity contribution is 0.00578. The van der Waals surface area contributed by atoms with Gasteiger partial charge < -0.3 is 15.0 Å². The Morgan fingerprint density at radius 2 is 1.67 bits per heavy atom. The molecule has 2 rings (SSSR count). The standard InChI is InChI=1S/C14H22BNO2/c1-10(16)11-7-6-8-12(9-11)15-17-13(2,3)14(4,5)18-15/h6-10H,16H2,1-5H3/t10-/m1/s1. The molecule has 0 unspecified atom stereocenters. The third-order valence-corrected chi connectivity index (χ3v) is 3.96. The molecular weight excluding hydrogens is 225 g/mol. The van der Waals surface area contributed by atoms with E-state index in [0.29, 0.717) is 0 Å². The summed E-state index contributed by atoms with van der Waals surface area (Å²) in [5.41, 5.74) is 7.43. The highest BCUT2D eigenvalue weighted by molar-refractivity contribution is 6.62. The Kier molecular flexibility index (Phi) is 3.30. The predicted octanol–water partition coefficient (Wildman–Crippen LogP) is 2.01. The lowest BCUT2D eigenvalue weighted by Crippen LogP contribution is -2.41. The SMILES string of the molecule is C[C@@H](N)c1cccc(B2OC(C)(C)C(C)(C)O2)c1. The minimum Gasteiger partial charge on any atom is -0.399 e. The number of hydrogen-bond acceptors (Lipinski definition) is 3. The molecule has 1 heterocycles. The third kappa shape index (κ3) is 2.33. The van der Waals surface area contributed by atoms with Crippen molar-refractivity contribution >= 4 is 12.6 Å². The van der Waals surface area contributed by atoms with Gasteiger partial charge in [0.25, 0.3) is 0 Å². The Bertz CT molecular complexity index is 427. The van der Waals surface area contributed by atoms with Crippen LogP contribution in [-0.4, -0.2) is 18.3 Å². The molecule has 0 spiro atoms. The van der Waals surface area contributed by atoms with Gasteiger partial charge in [0, 0.05) is 6.04 Å². The van der Waals surface area contributed by atoms with Gasteiger partial charge >= 0.3 is 7.12 Å². The zero-order chi connectivity index (χ0) is 13.6. The number of rotatable bonds is 2. The molecule has 3 nitrogen and oxygen atoms in total. The van der Waals surface area contributed by atoms with Crippen molar-refractivity contribution in [3.63, 3.8) is 0 Å². The van der Waals surface area contributed by atoms with Crippen molar-refractivity contribution in [2.24, 2.45) is 5.73 Å². The van der Waals surface area contributed by atoms with Gasteiger partial charge in [-0.3, -0.25) is 0 Å². The van der Waals surface area contributed by atoms with Crippen LogP contribution < -0.4 is 11.2 Å². The van der Waals surface area contributed by atoms with E-state index in [1.807, 2.05) is 25.1 Å². The van der Waals surface area contributed by atoms with Crippen LogP contribution in [0.3, 0.4) is 0 Å². The van der Waals surface area contributed by atoms with Crippen molar-refractivity contribution in [2.75, 3.05) is 0 Å². The first-order valence-corrected chi connectivity index (χ1v) is 6.44. The van der Waals surface area contributed by atoms with Gasteiger partial charge in [-0.25, -0.2) is 0 Å². The van der Waals surface area contributed by atoms with Crippen LogP contribution in [0.2, 0.25) is 0 Å². The fraction of sp³-hybridized carbons (Fsp3) is 0.571. The van der Waals surface area contributed by atoms with Crippen LogP contribution in [0.1, 0.15) is 46.2 Å². The minimum absolute atomic E-state index is 0.0207. The molecule has 4 heteroatoms. The smallest absolute Gasteiger partial charge is 0.399 e. The summed E-state index contributed by atoms with van der Waals surface area (Å²) in [6, 6.07) is 8.13. The third-order valence-electron chi connectivity index (χ3n) is 3.96. The van der Waals surface area contributed by atoms with E-state index >= 15 is 0 Å². The summed E-state index contributed by atoms with van der Waals surface area (Å²) in [5.74, 6) is 0. The molecule has 1 atom stereocenters. The predicted molar refractivity (Wildman–Crippen MR) is 74.8 cm³/mol. The molecule has 0 amide bonds. The normalized spacial score (nSPS) is 23.1. The molecule has 1 aromatic carbocycles. The molecule has 0 aliphatic carbocycles. The molecule has 0 saturated carbocycles. The molecular formula is C14H22BNO2. The molecule has 0 bridgehead atoms. The lowest BCUT2D eigenvalue weighted by Gasteiger charge is -2.32. The topological polar surface area (TPSA) is 44.5 Å². The summed E-state index contributed by atoms with van der Waals surface area (Å²) >= 11 is 0. The maximum absolute atomic E-state index is 6.02. The average Bonchev–Trinajstić information content (AvgIpc) is 2.48. The van der Waals surface area contributed by atoms with Crippen LogP contribution in [0, 0.1) is 0 Å². The Labute approximate surface area is 110 Å². The van der Waals surface area contributed by atoms with E-state index in [-0.39, 0.29) is 24.4 Å². The van der Waals surface area contributed by atoms with Crippen LogP contribution in [0.4, 0.5) is 0 Å². The summed E-state index contributed by atoms with van der Waals surface area (Å²) in [7, 11) is -0.311. The second kappa shape index (κ2) is 4.37. The van der Waals surface area contributed by atoms with E-state index in [0.717, 1.165) is 11.0 Å². The molecule has 1 saturated heterocycles. The van der Waals surface area contributed by atoms with Gasteiger partial charge in [0.15, 0.2) is 0 Å². The second-order valence-corrected chi connectivity index (χ2v) is 6.05. The first-order chi connectivity index (χ1) is 8.23. The van der Waals surface area contributed by atoms with Gasteiger partial charge in [-0.1, -0.05) is 24.3 Å². The van der Waals surface area contributed by atoms with Crippen molar-refractivity contribution in [2.45, 2.75) is 51.9 Å². The van der Waals surface area contributed by atoms with Gasteiger partial charge in [0.1, 0.15) is 0 Å². The fourth-order valence-electron chi connectivity index (χ4n) is 1.97. The summed E-state index contributed by atoms with van der Waals surface area (Å²) in [5, 5.41) is 0. The quantitative estimate of drug-likeness (QED) is 0.813. The number of benzene rings is 1. The van der Waals surface area contributed by atoms with E-state index in [1.54, 1.807) is 0 Å². The zero-order valence-electron chi connectivity index (χ0n) is 11.9. The summed E-state index contributed by atoms with van der Waals surface area (Å²) in [6.45, 7) is 10.2. The van der Waals surface area contributed by atoms with Crippen LogP contribution in [0.5, 0.6) is 0 Å². The van der Waals surface area contributed by atoms with E-state index in [2.05, 4.69) is 33.8 Å². The molecule has 1 aliphatic heterocycles. The van der Waals surface area contributed by atoms with Gasteiger partial charge in [0.2, 0.25) is 0 Å². The van der Waals surface area contributed by atoms with Crippen molar-refractivity contribution in [1.82, 2.24) is 0 Å². The Hall–Kier alpha value is -0.835. The van der Waals surface area contributed by atoms with Crippen molar-refractivity contribution in [3.8, 4) is 0 Å². The number of hydrogen-bond donors (Lipinski definition) is 1. The molecule has 0 aromatic heterocycles. The van der Waals surface area contributed by atoms with Gasteiger partial charge in [-0.15, -0.1) is 0 Å². The van der Waals surface area contributed by atoms with E-state index in [9.17, 15) is 0 Å². The first kappa shape index (κ1) is 13.6. The molecule has 2 N–H and O–H groups in total. The highest BCUT2D eigenvalue weighted by Crippen LogP contribution is 2.36. The van der Waals surface area contributed by atoms with Gasteiger partial charge in [-0.05, 0) is 45.6 Å².